The monoisotopic (exact) mass is 458 g/mol. The van der Waals surface area contributed by atoms with Gasteiger partial charge in [-0.25, -0.2) is 4.98 Å². The molecule has 2 amide bonds. The van der Waals surface area contributed by atoms with Crippen LogP contribution in [0.1, 0.15) is 34.6 Å². The van der Waals surface area contributed by atoms with E-state index in [1.165, 1.54) is 27.7 Å². The molecular weight excluding hydrogens is 432 g/mol. The van der Waals surface area contributed by atoms with Crippen LogP contribution in [0.2, 0.25) is 0 Å². The van der Waals surface area contributed by atoms with Gasteiger partial charge in [-0.15, -0.1) is 11.3 Å². The number of thiophene rings is 1. The average Bonchev–Trinajstić information content (AvgIpc) is 3.04. The largest absolute Gasteiger partial charge is 0.339 e. The van der Waals surface area contributed by atoms with Crippen molar-refractivity contribution in [1.29, 1.82) is 0 Å². The van der Waals surface area contributed by atoms with Gasteiger partial charge >= 0.3 is 0 Å². The Morgan fingerprint density at radius 1 is 1.16 bits per heavy atom. The van der Waals surface area contributed by atoms with Crippen molar-refractivity contribution in [1.82, 2.24) is 14.5 Å². The van der Waals surface area contributed by atoms with Crippen LogP contribution in [0.4, 0.5) is 5.69 Å². The van der Waals surface area contributed by atoms with E-state index >= 15 is 0 Å². The number of aryl methyl sites for hydroxylation is 2. The van der Waals surface area contributed by atoms with E-state index in [2.05, 4.69) is 10.3 Å². The van der Waals surface area contributed by atoms with Crippen LogP contribution in [0, 0.1) is 13.8 Å². The minimum atomic E-state index is -0.208. The molecule has 0 aliphatic rings. The van der Waals surface area contributed by atoms with E-state index in [4.69, 9.17) is 0 Å². The fourth-order valence-electron chi connectivity index (χ4n) is 3.20. The first-order valence-electron chi connectivity index (χ1n) is 10.1. The maximum absolute atomic E-state index is 12.7. The molecule has 0 aliphatic carbocycles. The predicted molar refractivity (Wildman–Crippen MR) is 127 cm³/mol. The molecule has 0 saturated heterocycles. The van der Waals surface area contributed by atoms with E-state index in [0.717, 1.165) is 10.4 Å². The highest BCUT2D eigenvalue weighted by atomic mass is 32.2. The van der Waals surface area contributed by atoms with Gasteiger partial charge in [0, 0.05) is 36.3 Å². The number of hydrogen-bond donors (Lipinski definition) is 1. The Kier molecular flexibility index (Phi) is 7.17. The van der Waals surface area contributed by atoms with E-state index in [1.54, 1.807) is 36.2 Å². The fraction of sp³-hybridized carbons (Fsp3) is 0.364. The molecular formula is C22H26N4O3S2. The number of benzene rings is 1. The fourth-order valence-corrected chi connectivity index (χ4v) is 5.04. The molecule has 164 valence electrons. The molecule has 3 rings (SSSR count). The summed E-state index contributed by atoms with van der Waals surface area (Å²) in [7, 11) is 1.67. The maximum Gasteiger partial charge on any atom is 0.262 e. The molecule has 0 radical (unpaired) electrons. The molecule has 0 spiro atoms. The second-order valence-corrected chi connectivity index (χ2v) is 9.26. The number of aromatic nitrogens is 2. The predicted octanol–water partition coefficient (Wildman–Crippen LogP) is 3.82. The van der Waals surface area contributed by atoms with Gasteiger partial charge in [-0.05, 0) is 57.5 Å². The number of amides is 2. The first-order valence-corrected chi connectivity index (χ1v) is 11.9. The van der Waals surface area contributed by atoms with E-state index in [0.29, 0.717) is 39.7 Å². The van der Waals surface area contributed by atoms with Crippen LogP contribution in [0.3, 0.4) is 0 Å². The summed E-state index contributed by atoms with van der Waals surface area (Å²) in [6, 6.07) is 6.86. The Morgan fingerprint density at radius 3 is 2.42 bits per heavy atom. The number of thioether (sulfide) groups is 1. The number of nitrogens with zero attached hydrogens (tertiary/aromatic N) is 3. The SMILES string of the molecule is CCN(CC)C(=O)c1ccc(NC(=O)CSc2nc3sc(C)c(C)c3c(=O)n2C)cc1. The van der Waals surface area contributed by atoms with Crippen molar-refractivity contribution in [3.05, 3.63) is 50.6 Å². The molecule has 1 aromatic carbocycles. The molecule has 0 saturated carbocycles. The van der Waals surface area contributed by atoms with Crippen molar-refractivity contribution in [3.63, 3.8) is 0 Å². The third-order valence-corrected chi connectivity index (χ3v) is 7.30. The highest BCUT2D eigenvalue weighted by Crippen LogP contribution is 2.28. The molecule has 0 unspecified atom stereocenters. The van der Waals surface area contributed by atoms with Crippen LogP contribution < -0.4 is 10.9 Å². The number of fused-ring (bicyclic) bond motifs is 1. The van der Waals surface area contributed by atoms with Gasteiger partial charge in [0.15, 0.2) is 5.16 Å². The summed E-state index contributed by atoms with van der Waals surface area (Å²) in [4.78, 5) is 45.6. The quantitative estimate of drug-likeness (QED) is 0.430. The van der Waals surface area contributed by atoms with Gasteiger partial charge in [-0.1, -0.05) is 11.8 Å². The van der Waals surface area contributed by atoms with Gasteiger partial charge in [-0.2, -0.15) is 0 Å². The van der Waals surface area contributed by atoms with Gasteiger partial charge < -0.3 is 10.2 Å². The normalized spacial score (nSPS) is 11.0. The third-order valence-electron chi connectivity index (χ3n) is 5.17. The van der Waals surface area contributed by atoms with Crippen molar-refractivity contribution < 1.29 is 9.59 Å². The zero-order valence-corrected chi connectivity index (χ0v) is 19.9. The highest BCUT2D eigenvalue weighted by Gasteiger charge is 2.16. The summed E-state index contributed by atoms with van der Waals surface area (Å²) in [6.07, 6.45) is 0. The van der Waals surface area contributed by atoms with Crippen LogP contribution in [0.15, 0.2) is 34.2 Å². The number of carbonyl (C=O) groups excluding carboxylic acids is 2. The Labute approximate surface area is 189 Å². The summed E-state index contributed by atoms with van der Waals surface area (Å²) in [5.74, 6) is -0.115. The average molecular weight is 459 g/mol. The zero-order valence-electron chi connectivity index (χ0n) is 18.3. The topological polar surface area (TPSA) is 84.3 Å². The van der Waals surface area contributed by atoms with E-state index in [-0.39, 0.29) is 23.1 Å². The lowest BCUT2D eigenvalue weighted by Gasteiger charge is -2.18. The van der Waals surface area contributed by atoms with Crippen molar-refractivity contribution in [2.45, 2.75) is 32.9 Å². The Bertz CT molecular complexity index is 1180. The number of hydrogen-bond acceptors (Lipinski definition) is 6. The molecule has 2 heterocycles. The summed E-state index contributed by atoms with van der Waals surface area (Å²) >= 11 is 2.71. The van der Waals surface area contributed by atoms with Gasteiger partial charge in [-0.3, -0.25) is 19.0 Å². The first-order chi connectivity index (χ1) is 14.8. The molecule has 0 atom stereocenters. The second-order valence-electron chi connectivity index (χ2n) is 7.11. The lowest BCUT2D eigenvalue weighted by atomic mass is 10.2. The molecule has 2 aromatic heterocycles. The van der Waals surface area contributed by atoms with E-state index in [1.807, 2.05) is 27.7 Å². The van der Waals surface area contributed by atoms with Gasteiger partial charge in [0.25, 0.3) is 11.5 Å². The maximum atomic E-state index is 12.7. The first kappa shape index (κ1) is 23.0. The van der Waals surface area contributed by atoms with E-state index in [9.17, 15) is 14.4 Å². The Hall–Kier alpha value is -2.65. The number of anilines is 1. The number of nitrogens with one attached hydrogen (secondary N) is 1. The molecule has 0 bridgehead atoms. The van der Waals surface area contributed by atoms with Crippen LogP contribution in [-0.2, 0) is 11.8 Å². The standard InChI is InChI=1S/C22H26N4O3S2/c1-6-26(7-2)20(28)15-8-10-16(11-9-15)23-17(27)12-30-22-24-19-18(21(29)25(22)5)13(3)14(4)31-19/h8-11H,6-7,12H2,1-5H3,(H,23,27). The minimum Gasteiger partial charge on any atom is -0.339 e. The molecule has 31 heavy (non-hydrogen) atoms. The van der Waals surface area contributed by atoms with Crippen LogP contribution in [0.25, 0.3) is 10.2 Å². The Balaban J connectivity index is 1.66. The number of rotatable bonds is 7. The molecule has 7 nitrogen and oxygen atoms in total. The van der Waals surface area contributed by atoms with Crippen molar-refractivity contribution >= 4 is 50.8 Å². The Morgan fingerprint density at radius 2 is 1.81 bits per heavy atom. The van der Waals surface area contributed by atoms with Crippen molar-refractivity contribution in [3.8, 4) is 0 Å². The van der Waals surface area contributed by atoms with Gasteiger partial charge in [0.2, 0.25) is 5.91 Å². The van der Waals surface area contributed by atoms with E-state index < -0.39 is 0 Å². The molecule has 1 N–H and O–H groups in total. The second kappa shape index (κ2) is 9.65. The van der Waals surface area contributed by atoms with Crippen LogP contribution in [0.5, 0.6) is 0 Å². The van der Waals surface area contributed by atoms with Crippen LogP contribution >= 0.6 is 23.1 Å². The summed E-state index contributed by atoms with van der Waals surface area (Å²) in [5.41, 5.74) is 2.07. The molecule has 9 heteroatoms. The van der Waals surface area contributed by atoms with Crippen molar-refractivity contribution in [2.75, 3.05) is 24.2 Å². The minimum absolute atomic E-state index is 0.0279. The highest BCUT2D eigenvalue weighted by molar-refractivity contribution is 7.99. The zero-order chi connectivity index (χ0) is 22.7. The summed E-state index contributed by atoms with van der Waals surface area (Å²) < 4.78 is 1.49. The molecule has 0 fully saturated rings. The van der Waals surface area contributed by atoms with Gasteiger partial charge in [0.1, 0.15) is 4.83 Å². The summed E-state index contributed by atoms with van der Waals surface area (Å²) in [6.45, 7) is 9.09. The smallest absolute Gasteiger partial charge is 0.262 e. The lowest BCUT2D eigenvalue weighted by Crippen LogP contribution is -2.30. The van der Waals surface area contributed by atoms with Crippen LogP contribution in [-0.4, -0.2) is 45.1 Å². The summed E-state index contributed by atoms with van der Waals surface area (Å²) in [5, 5.41) is 3.98. The molecule has 3 aromatic rings. The van der Waals surface area contributed by atoms with Gasteiger partial charge in [0.05, 0.1) is 11.1 Å². The lowest BCUT2D eigenvalue weighted by molar-refractivity contribution is -0.113. The third kappa shape index (κ3) is 4.83. The molecule has 0 aliphatic heterocycles. The van der Waals surface area contributed by atoms with Crippen molar-refractivity contribution in [2.24, 2.45) is 7.05 Å². The number of carbonyl (C=O) groups is 2.